The molecule has 1 aromatic carbocycles. The number of anilines is 1. The first kappa shape index (κ1) is 16.6. The van der Waals surface area contributed by atoms with Crippen LogP contribution in [0, 0.1) is 0 Å². The fourth-order valence-corrected chi connectivity index (χ4v) is 2.99. The van der Waals surface area contributed by atoms with Crippen LogP contribution in [-0.4, -0.2) is 44.2 Å². The van der Waals surface area contributed by atoms with Crippen molar-refractivity contribution < 1.29 is 0 Å². The lowest BCUT2D eigenvalue weighted by Gasteiger charge is -2.26. The van der Waals surface area contributed by atoms with E-state index in [4.69, 9.17) is 11.6 Å². The topological polar surface area (TPSA) is 18.5 Å². The average molecular weight is 310 g/mol. The van der Waals surface area contributed by atoms with Crippen molar-refractivity contribution in [1.82, 2.24) is 10.2 Å². The maximum Gasteiger partial charge on any atom is 0.0410 e. The number of rotatable bonds is 7. The number of halogens is 1. The smallest absolute Gasteiger partial charge is 0.0410 e. The molecule has 0 amide bonds. The third kappa shape index (κ3) is 5.17. The third-order valence-corrected chi connectivity index (χ3v) is 4.34. The molecule has 1 fully saturated rings. The van der Waals surface area contributed by atoms with Gasteiger partial charge >= 0.3 is 0 Å². The Hall–Kier alpha value is -0.770. The van der Waals surface area contributed by atoms with Crippen LogP contribution in [0.15, 0.2) is 18.2 Å². The fraction of sp³-hybridized carbons (Fsp3) is 0.647. The Morgan fingerprint density at radius 1 is 1.29 bits per heavy atom. The predicted octanol–water partition coefficient (Wildman–Crippen LogP) is 3.37. The number of nitrogens with zero attached hydrogens (tertiary/aromatic N) is 2. The van der Waals surface area contributed by atoms with E-state index in [1.54, 1.807) is 0 Å². The molecule has 21 heavy (non-hydrogen) atoms. The van der Waals surface area contributed by atoms with Gasteiger partial charge in [-0.2, -0.15) is 0 Å². The summed E-state index contributed by atoms with van der Waals surface area (Å²) in [7, 11) is 2.18. The average Bonchev–Trinajstić information content (AvgIpc) is 2.96. The Morgan fingerprint density at radius 3 is 2.67 bits per heavy atom. The standard InChI is InChI=1S/C17H28ClN3/c1-14(2)19-13-15-12-16(18)6-7-17(15)20(3)10-11-21-8-4-5-9-21/h6-7,12,14,19H,4-5,8-11,13H2,1-3H3. The summed E-state index contributed by atoms with van der Waals surface area (Å²) < 4.78 is 0. The second kappa shape index (κ2) is 8.02. The molecule has 1 aliphatic rings. The van der Waals surface area contributed by atoms with Gasteiger partial charge in [-0.25, -0.2) is 0 Å². The van der Waals surface area contributed by atoms with Gasteiger partial charge in [-0.15, -0.1) is 0 Å². The SMILES string of the molecule is CC(C)NCc1cc(Cl)ccc1N(C)CCN1CCCC1. The molecule has 3 nitrogen and oxygen atoms in total. The minimum Gasteiger partial charge on any atom is -0.373 e. The highest BCUT2D eigenvalue weighted by Crippen LogP contribution is 2.24. The molecule has 1 N–H and O–H groups in total. The second-order valence-electron chi connectivity index (χ2n) is 6.28. The van der Waals surface area contributed by atoms with Crippen LogP contribution in [0.3, 0.4) is 0 Å². The van der Waals surface area contributed by atoms with Gasteiger partial charge < -0.3 is 15.1 Å². The van der Waals surface area contributed by atoms with Crippen LogP contribution >= 0.6 is 11.6 Å². The van der Waals surface area contributed by atoms with Crippen molar-refractivity contribution in [2.24, 2.45) is 0 Å². The van der Waals surface area contributed by atoms with E-state index in [9.17, 15) is 0 Å². The van der Waals surface area contributed by atoms with Gasteiger partial charge in [0.25, 0.3) is 0 Å². The lowest BCUT2D eigenvalue weighted by atomic mass is 10.1. The highest BCUT2D eigenvalue weighted by Gasteiger charge is 2.13. The lowest BCUT2D eigenvalue weighted by Crippen LogP contribution is -2.32. The first-order chi connectivity index (χ1) is 10.1. The normalized spacial score (nSPS) is 15.9. The molecule has 0 aromatic heterocycles. The van der Waals surface area contributed by atoms with Crippen LogP contribution in [0.1, 0.15) is 32.3 Å². The number of hydrogen-bond acceptors (Lipinski definition) is 3. The molecule has 0 atom stereocenters. The molecule has 0 bridgehead atoms. The summed E-state index contributed by atoms with van der Waals surface area (Å²) in [5.41, 5.74) is 2.56. The first-order valence-corrected chi connectivity index (χ1v) is 8.39. The molecule has 1 saturated heterocycles. The third-order valence-electron chi connectivity index (χ3n) is 4.10. The molecular formula is C17H28ClN3. The van der Waals surface area contributed by atoms with Gasteiger partial charge in [-0.1, -0.05) is 25.4 Å². The van der Waals surface area contributed by atoms with E-state index in [-0.39, 0.29) is 0 Å². The minimum atomic E-state index is 0.478. The Morgan fingerprint density at radius 2 is 2.00 bits per heavy atom. The molecule has 2 rings (SSSR count). The summed E-state index contributed by atoms with van der Waals surface area (Å²) in [6.45, 7) is 9.93. The lowest BCUT2D eigenvalue weighted by molar-refractivity contribution is 0.346. The molecule has 0 saturated carbocycles. The predicted molar refractivity (Wildman–Crippen MR) is 92.4 cm³/mol. The summed E-state index contributed by atoms with van der Waals surface area (Å²) in [5, 5.41) is 4.30. The number of benzene rings is 1. The number of likely N-dealkylation sites (N-methyl/N-ethyl adjacent to an activating group) is 1. The van der Waals surface area contributed by atoms with E-state index >= 15 is 0 Å². The number of nitrogens with one attached hydrogen (secondary N) is 1. The largest absolute Gasteiger partial charge is 0.373 e. The zero-order chi connectivity index (χ0) is 15.2. The molecule has 118 valence electrons. The quantitative estimate of drug-likeness (QED) is 0.833. The molecule has 1 aliphatic heterocycles. The molecule has 0 aliphatic carbocycles. The molecule has 1 heterocycles. The second-order valence-corrected chi connectivity index (χ2v) is 6.72. The minimum absolute atomic E-state index is 0.478. The molecule has 0 spiro atoms. The van der Waals surface area contributed by atoms with Gasteiger partial charge in [0.2, 0.25) is 0 Å². The zero-order valence-electron chi connectivity index (χ0n) is 13.5. The highest BCUT2D eigenvalue weighted by molar-refractivity contribution is 6.30. The Bertz CT molecular complexity index is 442. The van der Waals surface area contributed by atoms with Crippen molar-refractivity contribution in [3.8, 4) is 0 Å². The maximum atomic E-state index is 6.16. The maximum absolute atomic E-state index is 6.16. The van der Waals surface area contributed by atoms with E-state index in [0.717, 1.165) is 24.7 Å². The zero-order valence-corrected chi connectivity index (χ0v) is 14.3. The summed E-state index contributed by atoms with van der Waals surface area (Å²) in [4.78, 5) is 4.91. The molecule has 4 heteroatoms. The van der Waals surface area contributed by atoms with Gasteiger partial charge in [-0.05, 0) is 49.7 Å². The van der Waals surface area contributed by atoms with Crippen molar-refractivity contribution in [2.45, 2.75) is 39.3 Å². The van der Waals surface area contributed by atoms with E-state index in [1.807, 2.05) is 6.07 Å². The summed E-state index contributed by atoms with van der Waals surface area (Å²) >= 11 is 6.16. The molecular weight excluding hydrogens is 282 g/mol. The van der Waals surface area contributed by atoms with Crippen molar-refractivity contribution >= 4 is 17.3 Å². The monoisotopic (exact) mass is 309 g/mol. The van der Waals surface area contributed by atoms with Crippen LogP contribution < -0.4 is 10.2 Å². The summed E-state index contributed by atoms with van der Waals surface area (Å²) in [5.74, 6) is 0. The van der Waals surface area contributed by atoms with Gasteiger partial charge in [0.05, 0.1) is 0 Å². The molecule has 1 aromatic rings. The number of hydrogen-bond donors (Lipinski definition) is 1. The summed E-state index contributed by atoms with van der Waals surface area (Å²) in [6.07, 6.45) is 2.71. The molecule has 0 radical (unpaired) electrons. The Balaban J connectivity index is 1.98. The fourth-order valence-electron chi connectivity index (χ4n) is 2.80. The van der Waals surface area contributed by atoms with Crippen molar-refractivity contribution in [3.63, 3.8) is 0 Å². The van der Waals surface area contributed by atoms with Gasteiger partial charge in [0.1, 0.15) is 0 Å². The van der Waals surface area contributed by atoms with E-state index in [1.165, 1.54) is 37.2 Å². The van der Waals surface area contributed by atoms with Crippen LogP contribution in [0.5, 0.6) is 0 Å². The summed E-state index contributed by atoms with van der Waals surface area (Å²) in [6, 6.07) is 6.69. The van der Waals surface area contributed by atoms with Crippen LogP contribution in [0.4, 0.5) is 5.69 Å². The van der Waals surface area contributed by atoms with Crippen LogP contribution in [-0.2, 0) is 6.54 Å². The van der Waals surface area contributed by atoms with Crippen LogP contribution in [0.25, 0.3) is 0 Å². The van der Waals surface area contributed by atoms with Crippen LogP contribution in [0.2, 0.25) is 5.02 Å². The highest BCUT2D eigenvalue weighted by atomic mass is 35.5. The van der Waals surface area contributed by atoms with E-state index in [2.05, 4.69) is 48.1 Å². The van der Waals surface area contributed by atoms with E-state index in [0.29, 0.717) is 6.04 Å². The van der Waals surface area contributed by atoms with Crippen molar-refractivity contribution in [1.29, 1.82) is 0 Å². The van der Waals surface area contributed by atoms with Gasteiger partial charge in [0, 0.05) is 43.4 Å². The van der Waals surface area contributed by atoms with Crippen molar-refractivity contribution in [2.75, 3.05) is 38.1 Å². The van der Waals surface area contributed by atoms with Gasteiger partial charge in [-0.3, -0.25) is 0 Å². The van der Waals surface area contributed by atoms with E-state index < -0.39 is 0 Å². The van der Waals surface area contributed by atoms with Gasteiger partial charge in [0.15, 0.2) is 0 Å². The van der Waals surface area contributed by atoms with Crippen molar-refractivity contribution in [3.05, 3.63) is 28.8 Å². The Kier molecular flexibility index (Phi) is 6.34. The Labute approximate surface area is 134 Å². The molecule has 0 unspecified atom stereocenters. The first-order valence-electron chi connectivity index (χ1n) is 8.01. The number of likely N-dealkylation sites (tertiary alicyclic amines) is 1.